The highest BCUT2D eigenvalue weighted by atomic mass is 16.4. The molecule has 1 N–H and O–H groups in total. The van der Waals surface area contributed by atoms with Crippen LogP contribution in [0, 0.1) is 34.5 Å². The van der Waals surface area contributed by atoms with Crippen LogP contribution in [0.15, 0.2) is 36.0 Å². The van der Waals surface area contributed by atoms with Gasteiger partial charge in [0.15, 0.2) is 0 Å². The molecule has 3 fully saturated rings. The zero-order valence-corrected chi connectivity index (χ0v) is 16.5. The predicted octanol–water partition coefficient (Wildman–Crippen LogP) is 6.15. The number of carbonyl (C=O) groups is 1. The summed E-state index contributed by atoms with van der Waals surface area (Å²) in [5, 5.41) is 9.20. The van der Waals surface area contributed by atoms with Crippen molar-refractivity contribution in [3.8, 4) is 0 Å². The van der Waals surface area contributed by atoms with Gasteiger partial charge in [-0.05, 0) is 97.0 Å². The van der Waals surface area contributed by atoms with Crippen molar-refractivity contribution in [1.82, 2.24) is 0 Å². The topological polar surface area (TPSA) is 37.3 Å². The van der Waals surface area contributed by atoms with Crippen LogP contribution in [0.1, 0.15) is 71.6 Å². The highest BCUT2D eigenvalue weighted by Gasteiger charge is 2.60. The average Bonchev–Trinajstić information content (AvgIpc) is 2.78. The molecule has 0 unspecified atom stereocenters. The highest BCUT2D eigenvalue weighted by molar-refractivity contribution is 5.66. The summed E-state index contributed by atoms with van der Waals surface area (Å²) in [5.41, 5.74) is 4.71. The fourth-order valence-electron chi connectivity index (χ4n) is 7.63. The first kappa shape index (κ1) is 18.1. The number of fused-ring (bicyclic) bond motifs is 5. The lowest BCUT2D eigenvalue weighted by Gasteiger charge is -2.58. The summed E-state index contributed by atoms with van der Waals surface area (Å²) in [6, 6.07) is 0. The average molecular weight is 355 g/mol. The number of allylic oxidation sites excluding steroid dienone is 4. The Balaban J connectivity index is 1.67. The quantitative estimate of drug-likeness (QED) is 0.617. The molecular weight excluding hydrogens is 320 g/mol. The van der Waals surface area contributed by atoms with E-state index in [2.05, 4.69) is 33.1 Å². The number of carboxylic acids is 1. The van der Waals surface area contributed by atoms with Gasteiger partial charge in [-0.3, -0.25) is 4.79 Å². The van der Waals surface area contributed by atoms with E-state index in [-0.39, 0.29) is 11.8 Å². The van der Waals surface area contributed by atoms with E-state index < -0.39 is 5.97 Å². The molecule has 3 saturated carbocycles. The Bertz CT molecular complexity index is 686. The van der Waals surface area contributed by atoms with Crippen LogP contribution in [0.25, 0.3) is 0 Å². The van der Waals surface area contributed by atoms with E-state index in [4.69, 9.17) is 0 Å². The van der Waals surface area contributed by atoms with Gasteiger partial charge in [-0.1, -0.05) is 38.7 Å². The molecule has 0 aromatic carbocycles. The Kier molecular flexibility index (Phi) is 4.24. The minimum Gasteiger partial charge on any atom is -0.481 e. The first-order valence-electron chi connectivity index (χ1n) is 10.6. The maximum absolute atomic E-state index is 11.2. The van der Waals surface area contributed by atoms with Crippen molar-refractivity contribution in [2.24, 2.45) is 34.5 Å². The minimum absolute atomic E-state index is 0.164. The van der Waals surface area contributed by atoms with Crippen molar-refractivity contribution in [2.75, 3.05) is 0 Å². The highest BCUT2D eigenvalue weighted by Crippen LogP contribution is 2.69. The third-order valence-corrected chi connectivity index (χ3v) is 8.89. The van der Waals surface area contributed by atoms with Crippen LogP contribution in [-0.2, 0) is 4.79 Å². The molecule has 4 aliphatic rings. The lowest BCUT2D eigenvalue weighted by atomic mass is 9.46. The molecule has 0 spiro atoms. The standard InChI is InChI=1S/C24H34O2/c1-15-16(2)22-18-9-8-17-7-5-6-13-23(17,3)20(18)12-14-24(22,4)19(15)10-11-21(25)26/h7,18-20,22H,1-2,5-6,8-14H2,3-4H3,(H,25,26)/t18-,19+,20+,22-,23+,24-/m1/s1. The summed E-state index contributed by atoms with van der Waals surface area (Å²) in [6.07, 6.45) is 12.5. The molecule has 0 radical (unpaired) electrons. The number of hydrogen-bond donors (Lipinski definition) is 1. The Labute approximate surface area is 158 Å². The normalized spacial score (nSPS) is 44.8. The summed E-state index contributed by atoms with van der Waals surface area (Å²) in [6.45, 7) is 13.8. The largest absolute Gasteiger partial charge is 0.481 e. The number of rotatable bonds is 3. The van der Waals surface area contributed by atoms with Crippen molar-refractivity contribution in [3.63, 3.8) is 0 Å². The first-order chi connectivity index (χ1) is 12.3. The van der Waals surface area contributed by atoms with Crippen molar-refractivity contribution >= 4 is 5.97 Å². The van der Waals surface area contributed by atoms with Gasteiger partial charge in [0.1, 0.15) is 0 Å². The van der Waals surface area contributed by atoms with Crippen LogP contribution in [0.5, 0.6) is 0 Å². The van der Waals surface area contributed by atoms with Gasteiger partial charge < -0.3 is 5.11 Å². The molecule has 26 heavy (non-hydrogen) atoms. The number of aliphatic carboxylic acids is 1. The molecule has 4 aliphatic carbocycles. The van der Waals surface area contributed by atoms with Gasteiger partial charge in [0.05, 0.1) is 0 Å². The van der Waals surface area contributed by atoms with Gasteiger partial charge in [0.2, 0.25) is 0 Å². The molecule has 0 bridgehead atoms. The summed E-state index contributed by atoms with van der Waals surface area (Å²) in [4.78, 5) is 11.2. The van der Waals surface area contributed by atoms with Gasteiger partial charge in [-0.2, -0.15) is 0 Å². The molecule has 0 saturated heterocycles. The summed E-state index contributed by atoms with van der Waals surface area (Å²) >= 11 is 0. The number of hydrogen-bond acceptors (Lipinski definition) is 1. The molecule has 142 valence electrons. The zero-order chi connectivity index (χ0) is 18.7. The van der Waals surface area contributed by atoms with Crippen molar-refractivity contribution in [1.29, 1.82) is 0 Å². The fourth-order valence-corrected chi connectivity index (χ4v) is 7.63. The molecule has 4 rings (SSSR count). The van der Waals surface area contributed by atoms with Gasteiger partial charge >= 0.3 is 5.97 Å². The van der Waals surface area contributed by atoms with Crippen molar-refractivity contribution in [2.45, 2.75) is 71.6 Å². The second-order valence-electron chi connectivity index (χ2n) is 9.91. The molecule has 2 nitrogen and oxygen atoms in total. The van der Waals surface area contributed by atoms with E-state index in [0.29, 0.717) is 23.2 Å². The Hall–Kier alpha value is -1.31. The van der Waals surface area contributed by atoms with Gasteiger partial charge in [0, 0.05) is 6.42 Å². The molecule has 0 heterocycles. The smallest absolute Gasteiger partial charge is 0.303 e. The van der Waals surface area contributed by atoms with E-state index in [1.165, 1.54) is 50.5 Å². The van der Waals surface area contributed by atoms with Gasteiger partial charge in [-0.25, -0.2) is 0 Å². The molecule has 2 heteroatoms. The summed E-state index contributed by atoms with van der Waals surface area (Å²) < 4.78 is 0. The zero-order valence-electron chi connectivity index (χ0n) is 16.5. The third-order valence-electron chi connectivity index (χ3n) is 8.89. The van der Waals surface area contributed by atoms with Gasteiger partial charge in [-0.15, -0.1) is 0 Å². The predicted molar refractivity (Wildman–Crippen MR) is 106 cm³/mol. The van der Waals surface area contributed by atoms with E-state index in [1.54, 1.807) is 5.57 Å². The maximum Gasteiger partial charge on any atom is 0.303 e. The van der Waals surface area contributed by atoms with Gasteiger partial charge in [0.25, 0.3) is 0 Å². The van der Waals surface area contributed by atoms with Crippen LogP contribution in [0.3, 0.4) is 0 Å². The molecular formula is C24H34O2. The van der Waals surface area contributed by atoms with Crippen LogP contribution < -0.4 is 0 Å². The Morgan fingerprint density at radius 1 is 1.23 bits per heavy atom. The second-order valence-corrected chi connectivity index (χ2v) is 9.91. The molecule has 0 aromatic rings. The third kappa shape index (κ3) is 2.40. The van der Waals surface area contributed by atoms with Crippen molar-refractivity contribution < 1.29 is 9.90 Å². The minimum atomic E-state index is -0.689. The molecule has 0 amide bonds. The van der Waals surface area contributed by atoms with E-state index >= 15 is 0 Å². The summed E-state index contributed by atoms with van der Waals surface area (Å²) in [5.74, 6) is 1.59. The SMILES string of the molecule is C=C1C(=C)[C@H](CCC(=O)O)[C@@]2(C)CC[C@H]3[C@@H](CCC4=CCCC[C@@]43C)[C@@H]12. The summed E-state index contributed by atoms with van der Waals surface area (Å²) in [7, 11) is 0. The van der Waals surface area contributed by atoms with Crippen LogP contribution >= 0.6 is 0 Å². The van der Waals surface area contributed by atoms with Crippen molar-refractivity contribution in [3.05, 3.63) is 36.0 Å². The van der Waals surface area contributed by atoms with E-state index in [9.17, 15) is 9.90 Å². The number of carboxylic acid groups (broad SMARTS) is 1. The van der Waals surface area contributed by atoms with Crippen LogP contribution in [0.4, 0.5) is 0 Å². The maximum atomic E-state index is 11.2. The Morgan fingerprint density at radius 3 is 2.73 bits per heavy atom. The monoisotopic (exact) mass is 354 g/mol. The molecule has 6 atom stereocenters. The second kappa shape index (κ2) is 6.11. The van der Waals surface area contributed by atoms with E-state index in [1.807, 2.05) is 0 Å². The fraction of sp³-hybridized carbons (Fsp3) is 0.708. The molecule has 0 aliphatic heterocycles. The van der Waals surface area contributed by atoms with E-state index in [0.717, 1.165) is 17.9 Å². The first-order valence-corrected chi connectivity index (χ1v) is 10.6. The Morgan fingerprint density at radius 2 is 2.00 bits per heavy atom. The lowest BCUT2D eigenvalue weighted by molar-refractivity contribution is -0.137. The van der Waals surface area contributed by atoms with Crippen LogP contribution in [-0.4, -0.2) is 11.1 Å². The lowest BCUT2D eigenvalue weighted by Crippen LogP contribution is -2.50. The molecule has 0 aromatic heterocycles. The van der Waals surface area contributed by atoms with Crippen LogP contribution in [0.2, 0.25) is 0 Å².